The van der Waals surface area contributed by atoms with Crippen molar-refractivity contribution in [1.82, 2.24) is 14.9 Å². The molecule has 0 aromatic carbocycles. The van der Waals surface area contributed by atoms with Crippen molar-refractivity contribution in [2.24, 2.45) is 0 Å². The van der Waals surface area contributed by atoms with Crippen molar-refractivity contribution < 1.29 is 23.9 Å². The molecule has 28 heavy (non-hydrogen) atoms. The van der Waals surface area contributed by atoms with E-state index in [1.54, 1.807) is 0 Å². The third kappa shape index (κ3) is 8.40. The van der Waals surface area contributed by atoms with Crippen LogP contribution in [0.5, 0.6) is 0 Å². The molecule has 0 aromatic rings. The molecule has 8 nitrogen and oxygen atoms in total. The lowest BCUT2D eigenvalue weighted by Gasteiger charge is -2.30. The first-order chi connectivity index (χ1) is 12.9. The van der Waals surface area contributed by atoms with Crippen LogP contribution in [0.4, 0.5) is 0 Å². The van der Waals surface area contributed by atoms with Crippen molar-refractivity contribution >= 4 is 49.1 Å². The van der Waals surface area contributed by atoms with Crippen molar-refractivity contribution in [3.63, 3.8) is 0 Å². The highest BCUT2D eigenvalue weighted by Gasteiger charge is 2.36. The van der Waals surface area contributed by atoms with Crippen LogP contribution >= 0.6 is 25.4 Å². The van der Waals surface area contributed by atoms with Gasteiger partial charge in [0.15, 0.2) is 0 Å². The Hall–Kier alpha value is -1.26. The molecule has 0 spiro atoms. The number of amides is 4. The lowest BCUT2D eigenvalue weighted by molar-refractivity contribution is -0.138. The van der Waals surface area contributed by atoms with Crippen LogP contribution in [0.1, 0.15) is 59.8 Å². The predicted molar refractivity (Wildman–Crippen MR) is 112 cm³/mol. The number of likely N-dealkylation sites (tertiary alicyclic amines) is 1. The average Bonchev–Trinajstić information content (AvgIpc) is 2.82. The number of rotatable bonds is 11. The normalized spacial score (nSPS) is 17.8. The summed E-state index contributed by atoms with van der Waals surface area (Å²) in [6, 6.07) is 0. The molecular weight excluding hydrogens is 402 g/mol. The first-order valence-corrected chi connectivity index (χ1v) is 10.2. The number of thiol groups is 2. The Morgan fingerprint density at radius 1 is 1.14 bits per heavy atom. The smallest absolute Gasteiger partial charge is 0.242 e. The van der Waals surface area contributed by atoms with Gasteiger partial charge in [-0.2, -0.15) is 12.6 Å². The molecule has 0 aromatic heterocycles. The van der Waals surface area contributed by atoms with E-state index < -0.39 is 16.4 Å². The van der Waals surface area contributed by atoms with E-state index in [-0.39, 0.29) is 43.0 Å². The second-order valence-electron chi connectivity index (χ2n) is 8.18. The van der Waals surface area contributed by atoms with Gasteiger partial charge in [0.05, 0.1) is 10.9 Å². The van der Waals surface area contributed by atoms with Gasteiger partial charge in [0, 0.05) is 38.0 Å². The number of carbonyl (C=O) groups is 4. The number of imide groups is 1. The van der Waals surface area contributed by atoms with Gasteiger partial charge in [0.1, 0.15) is 0 Å². The molecule has 1 unspecified atom stereocenters. The van der Waals surface area contributed by atoms with Crippen molar-refractivity contribution in [2.75, 3.05) is 13.2 Å². The van der Waals surface area contributed by atoms with Crippen LogP contribution in [0.25, 0.3) is 0 Å². The van der Waals surface area contributed by atoms with Gasteiger partial charge < -0.3 is 14.8 Å². The van der Waals surface area contributed by atoms with Gasteiger partial charge in [-0.05, 0) is 40.5 Å². The molecule has 1 saturated heterocycles. The van der Waals surface area contributed by atoms with Gasteiger partial charge in [0.25, 0.3) is 0 Å². The van der Waals surface area contributed by atoms with E-state index in [9.17, 15) is 19.2 Å². The molecule has 1 rings (SSSR count). The van der Waals surface area contributed by atoms with E-state index in [4.69, 9.17) is 4.74 Å². The molecule has 0 aliphatic carbocycles. The van der Waals surface area contributed by atoms with Crippen LogP contribution in [0, 0.1) is 0 Å². The molecule has 1 aliphatic rings. The van der Waals surface area contributed by atoms with Gasteiger partial charge in [-0.25, -0.2) is 0 Å². The standard InChI is InChI=1S/C18H31N3O5S2/c1-17(2,8-10-26-18(3,4)7-5-14(23)20-28)19-13(22)6-9-21-15(24)11-12(27)16(21)25/h12,27-28H,5-11H2,1-4H3,(H,19,22)(H,20,23). The maximum absolute atomic E-state index is 12.2. The third-order valence-electron chi connectivity index (χ3n) is 4.56. The molecule has 0 bridgehead atoms. The summed E-state index contributed by atoms with van der Waals surface area (Å²) in [6.07, 6.45) is 1.57. The van der Waals surface area contributed by atoms with Crippen molar-refractivity contribution in [1.29, 1.82) is 0 Å². The van der Waals surface area contributed by atoms with Crippen LogP contribution in [-0.4, -0.2) is 58.1 Å². The van der Waals surface area contributed by atoms with E-state index in [1.807, 2.05) is 27.7 Å². The SMILES string of the molecule is CC(C)(CCOC(C)(C)CCC(=O)NS)NC(=O)CCN1C(=O)CC(S)C1=O. The summed E-state index contributed by atoms with van der Waals surface area (Å²) >= 11 is 7.78. The first-order valence-electron chi connectivity index (χ1n) is 9.27. The Kier molecular flexibility index (Phi) is 9.29. The van der Waals surface area contributed by atoms with E-state index in [2.05, 4.69) is 35.5 Å². The maximum atomic E-state index is 12.2. The van der Waals surface area contributed by atoms with E-state index in [0.717, 1.165) is 4.90 Å². The largest absolute Gasteiger partial charge is 0.375 e. The van der Waals surface area contributed by atoms with Gasteiger partial charge in [-0.1, -0.05) is 12.8 Å². The Balaban J connectivity index is 2.36. The van der Waals surface area contributed by atoms with Crippen LogP contribution in [0.2, 0.25) is 0 Å². The van der Waals surface area contributed by atoms with Crippen molar-refractivity contribution in [3.05, 3.63) is 0 Å². The number of nitrogens with one attached hydrogen (secondary N) is 2. The Labute approximate surface area is 177 Å². The topological polar surface area (TPSA) is 105 Å². The molecule has 160 valence electrons. The second kappa shape index (κ2) is 10.5. The summed E-state index contributed by atoms with van der Waals surface area (Å²) in [5.74, 6) is -1.04. The van der Waals surface area contributed by atoms with Crippen molar-refractivity contribution in [3.8, 4) is 0 Å². The van der Waals surface area contributed by atoms with Crippen LogP contribution in [-0.2, 0) is 23.9 Å². The fourth-order valence-corrected chi connectivity index (χ4v) is 3.15. The van der Waals surface area contributed by atoms with Gasteiger partial charge >= 0.3 is 0 Å². The monoisotopic (exact) mass is 433 g/mol. The Bertz CT molecular complexity index is 610. The summed E-state index contributed by atoms with van der Waals surface area (Å²) in [6.45, 7) is 8.05. The number of hydrogen-bond acceptors (Lipinski definition) is 7. The minimum atomic E-state index is -0.605. The zero-order valence-electron chi connectivity index (χ0n) is 16.9. The molecule has 1 aliphatic heterocycles. The maximum Gasteiger partial charge on any atom is 0.242 e. The van der Waals surface area contributed by atoms with Gasteiger partial charge in [-0.3, -0.25) is 24.1 Å². The summed E-state index contributed by atoms with van der Waals surface area (Å²) < 4.78 is 8.14. The quantitative estimate of drug-likeness (QED) is 0.290. The Morgan fingerprint density at radius 2 is 1.79 bits per heavy atom. The second-order valence-corrected chi connectivity index (χ2v) is 9.03. The van der Waals surface area contributed by atoms with E-state index in [0.29, 0.717) is 25.9 Å². The summed E-state index contributed by atoms with van der Waals surface area (Å²) in [4.78, 5) is 48.1. The number of carbonyl (C=O) groups excluding carboxylic acids is 4. The highest BCUT2D eigenvalue weighted by Crippen LogP contribution is 2.20. The van der Waals surface area contributed by atoms with Crippen LogP contribution in [0.15, 0.2) is 0 Å². The van der Waals surface area contributed by atoms with E-state index in [1.165, 1.54) is 0 Å². The summed E-state index contributed by atoms with van der Waals surface area (Å²) in [5, 5.41) is 2.30. The molecule has 1 fully saturated rings. The molecule has 4 amide bonds. The van der Waals surface area contributed by atoms with Crippen LogP contribution in [0.3, 0.4) is 0 Å². The van der Waals surface area contributed by atoms with Gasteiger partial charge in [-0.15, -0.1) is 0 Å². The molecule has 1 atom stereocenters. The first kappa shape index (κ1) is 24.8. The highest BCUT2D eigenvalue weighted by molar-refractivity contribution is 7.81. The zero-order valence-corrected chi connectivity index (χ0v) is 18.7. The number of nitrogens with zero attached hydrogens (tertiary/aromatic N) is 1. The molecular formula is C18H31N3O5S2. The third-order valence-corrected chi connectivity index (χ3v) is 5.21. The molecule has 0 radical (unpaired) electrons. The minimum absolute atomic E-state index is 0.0482. The van der Waals surface area contributed by atoms with Crippen molar-refractivity contribution in [2.45, 2.75) is 76.2 Å². The number of hydrogen-bond donors (Lipinski definition) is 4. The molecule has 10 heteroatoms. The Morgan fingerprint density at radius 3 is 2.32 bits per heavy atom. The van der Waals surface area contributed by atoms with E-state index >= 15 is 0 Å². The molecule has 0 saturated carbocycles. The lowest BCUT2D eigenvalue weighted by atomic mass is 9.99. The number of ether oxygens (including phenoxy) is 1. The minimum Gasteiger partial charge on any atom is -0.375 e. The lowest BCUT2D eigenvalue weighted by Crippen LogP contribution is -2.46. The fraction of sp³-hybridized carbons (Fsp3) is 0.778. The molecule has 2 N–H and O–H groups in total. The summed E-state index contributed by atoms with van der Waals surface area (Å²) in [7, 11) is 0. The fourth-order valence-electron chi connectivity index (χ4n) is 2.74. The van der Waals surface area contributed by atoms with Gasteiger partial charge in [0.2, 0.25) is 23.6 Å². The summed E-state index contributed by atoms with van der Waals surface area (Å²) in [5.41, 5.74) is -0.985. The zero-order chi connectivity index (χ0) is 21.5. The highest BCUT2D eigenvalue weighted by atomic mass is 32.1. The molecule has 1 heterocycles. The average molecular weight is 434 g/mol. The van der Waals surface area contributed by atoms with Crippen LogP contribution < -0.4 is 10.0 Å². The predicted octanol–water partition coefficient (Wildman–Crippen LogP) is 1.26.